The molecule has 0 aromatic rings. The molecule has 8 heavy (non-hydrogen) atoms. The molecule has 0 saturated heterocycles. The highest BCUT2D eigenvalue weighted by atomic mass is 127. The summed E-state index contributed by atoms with van der Waals surface area (Å²) in [5.41, 5.74) is 0.165. The van der Waals surface area contributed by atoms with Crippen molar-refractivity contribution in [3.05, 3.63) is 0 Å². The highest BCUT2D eigenvalue weighted by Crippen LogP contribution is 2.20. The van der Waals surface area contributed by atoms with E-state index in [2.05, 4.69) is 20.8 Å². The van der Waals surface area contributed by atoms with Crippen molar-refractivity contribution in [3.63, 3.8) is 0 Å². The predicted octanol–water partition coefficient (Wildman–Crippen LogP) is 2.38. The van der Waals surface area contributed by atoms with Gasteiger partial charge in [0, 0.05) is 6.42 Å². The Balaban J connectivity index is 3.55. The smallest absolute Gasteiger partial charge is 0.192 e. The maximum absolute atomic E-state index is 10.4. The minimum atomic E-state index is 0.165. The van der Waals surface area contributed by atoms with E-state index in [1.165, 1.54) is 0 Å². The van der Waals surface area contributed by atoms with Gasteiger partial charge in [-0.25, -0.2) is 0 Å². The lowest BCUT2D eigenvalue weighted by atomic mass is 9.93. The van der Waals surface area contributed by atoms with Crippen LogP contribution in [0.15, 0.2) is 0 Å². The van der Waals surface area contributed by atoms with Crippen LogP contribution in [0.4, 0.5) is 0 Å². The van der Waals surface area contributed by atoms with Gasteiger partial charge in [-0.2, -0.15) is 0 Å². The molecule has 0 aliphatic heterocycles. The molecule has 0 heterocycles. The number of carbonyl (C=O) groups is 1. The Bertz CT molecular complexity index is 91.2. The van der Waals surface area contributed by atoms with Crippen LogP contribution in [0.1, 0.15) is 27.2 Å². The predicted molar refractivity (Wildman–Crippen MR) is 43.1 cm³/mol. The molecule has 0 amide bonds. The molecule has 0 aliphatic carbocycles. The van der Waals surface area contributed by atoms with E-state index in [1.54, 1.807) is 0 Å². The first-order chi connectivity index (χ1) is 3.42. The lowest BCUT2D eigenvalue weighted by Crippen LogP contribution is -2.07. The molecule has 0 spiro atoms. The molecule has 1 nitrogen and oxygen atoms in total. The lowest BCUT2D eigenvalue weighted by Gasteiger charge is -2.13. The van der Waals surface area contributed by atoms with Crippen LogP contribution < -0.4 is 0 Å². The third-order valence-corrected chi connectivity index (χ3v) is 1.05. The standard InChI is InChI=1S/C6H11IO/c1-6(2,3)4-5(7)8/h4H2,1-3H3. The molecular weight excluding hydrogens is 215 g/mol. The molecule has 48 valence electrons. The summed E-state index contributed by atoms with van der Waals surface area (Å²) in [7, 11) is 0. The van der Waals surface area contributed by atoms with E-state index in [0.717, 1.165) is 0 Å². The Morgan fingerprint density at radius 3 is 1.88 bits per heavy atom. The summed E-state index contributed by atoms with van der Waals surface area (Å²) < 4.78 is 0.245. The Hall–Kier alpha value is 0.400. The number of rotatable bonds is 1. The van der Waals surface area contributed by atoms with Gasteiger partial charge in [-0.15, -0.1) is 0 Å². The molecule has 0 saturated carbocycles. The maximum Gasteiger partial charge on any atom is 0.192 e. The van der Waals surface area contributed by atoms with E-state index in [-0.39, 0.29) is 9.20 Å². The molecule has 0 radical (unpaired) electrons. The van der Waals surface area contributed by atoms with Crippen molar-refractivity contribution in [2.24, 2.45) is 5.41 Å². The van der Waals surface area contributed by atoms with Crippen molar-refractivity contribution in [2.75, 3.05) is 0 Å². The van der Waals surface area contributed by atoms with E-state index < -0.39 is 0 Å². The van der Waals surface area contributed by atoms with Gasteiger partial charge in [0.25, 0.3) is 0 Å². The van der Waals surface area contributed by atoms with Crippen LogP contribution in [0.25, 0.3) is 0 Å². The van der Waals surface area contributed by atoms with Crippen molar-refractivity contribution in [3.8, 4) is 0 Å². The summed E-state index contributed by atoms with van der Waals surface area (Å²) in [5.74, 6) is 0. The topological polar surface area (TPSA) is 17.1 Å². The van der Waals surface area contributed by atoms with Gasteiger partial charge in [0.1, 0.15) is 0 Å². The monoisotopic (exact) mass is 226 g/mol. The Labute approximate surface area is 64.0 Å². The van der Waals surface area contributed by atoms with E-state index in [1.807, 2.05) is 22.6 Å². The number of hydrogen-bond acceptors (Lipinski definition) is 1. The molecule has 0 aromatic carbocycles. The zero-order valence-corrected chi connectivity index (χ0v) is 7.65. The van der Waals surface area contributed by atoms with Gasteiger partial charge in [0.2, 0.25) is 0 Å². The van der Waals surface area contributed by atoms with Gasteiger partial charge >= 0.3 is 0 Å². The zero-order valence-electron chi connectivity index (χ0n) is 5.49. The minimum Gasteiger partial charge on any atom is -0.288 e. The zero-order chi connectivity index (χ0) is 6.78. The van der Waals surface area contributed by atoms with Crippen LogP contribution in [0.3, 0.4) is 0 Å². The average Bonchev–Trinajstić information content (AvgIpc) is 1.21. The van der Waals surface area contributed by atoms with E-state index in [0.29, 0.717) is 6.42 Å². The van der Waals surface area contributed by atoms with Crippen LogP contribution >= 0.6 is 22.6 Å². The van der Waals surface area contributed by atoms with Crippen LogP contribution in [-0.2, 0) is 4.79 Å². The molecule has 0 bridgehead atoms. The van der Waals surface area contributed by atoms with Crippen molar-refractivity contribution >= 4 is 26.4 Å². The van der Waals surface area contributed by atoms with Gasteiger partial charge in [0.15, 0.2) is 3.79 Å². The third-order valence-electron chi connectivity index (χ3n) is 0.669. The molecule has 0 aromatic heterocycles. The Morgan fingerprint density at radius 2 is 1.88 bits per heavy atom. The van der Waals surface area contributed by atoms with Crippen molar-refractivity contribution in [2.45, 2.75) is 27.2 Å². The maximum atomic E-state index is 10.4. The fourth-order valence-electron chi connectivity index (χ4n) is 0.417. The van der Waals surface area contributed by atoms with Crippen molar-refractivity contribution < 1.29 is 4.79 Å². The van der Waals surface area contributed by atoms with E-state index in [9.17, 15) is 4.79 Å². The second-order valence-corrected chi connectivity index (χ2v) is 4.30. The van der Waals surface area contributed by atoms with Crippen LogP contribution in [0.2, 0.25) is 0 Å². The Morgan fingerprint density at radius 1 is 1.50 bits per heavy atom. The lowest BCUT2D eigenvalue weighted by molar-refractivity contribution is -0.110. The quantitative estimate of drug-likeness (QED) is 0.495. The minimum absolute atomic E-state index is 0.165. The van der Waals surface area contributed by atoms with Gasteiger partial charge in [-0.1, -0.05) is 20.8 Å². The summed E-state index contributed by atoms with van der Waals surface area (Å²) in [6, 6.07) is 0. The first-order valence-corrected chi connectivity index (χ1v) is 3.68. The first kappa shape index (κ1) is 8.40. The molecule has 2 heteroatoms. The summed E-state index contributed by atoms with van der Waals surface area (Å²) in [5, 5.41) is 0. The largest absolute Gasteiger partial charge is 0.288 e. The fourth-order valence-corrected chi connectivity index (χ4v) is 1.56. The number of hydrogen-bond donors (Lipinski definition) is 0. The summed E-state index contributed by atoms with van der Waals surface area (Å²) >= 11 is 1.83. The van der Waals surface area contributed by atoms with E-state index >= 15 is 0 Å². The fraction of sp³-hybridized carbons (Fsp3) is 0.833. The molecule has 0 N–H and O–H groups in total. The van der Waals surface area contributed by atoms with Crippen molar-refractivity contribution in [1.29, 1.82) is 0 Å². The molecule has 0 aliphatic rings. The molecule has 0 atom stereocenters. The van der Waals surface area contributed by atoms with Gasteiger partial charge in [0.05, 0.1) is 0 Å². The van der Waals surface area contributed by atoms with Gasteiger partial charge in [-0.3, -0.25) is 4.79 Å². The van der Waals surface area contributed by atoms with E-state index in [4.69, 9.17) is 0 Å². The molecule has 0 rings (SSSR count). The summed E-state index contributed by atoms with van der Waals surface area (Å²) in [6.45, 7) is 6.18. The highest BCUT2D eigenvalue weighted by Gasteiger charge is 2.12. The third kappa shape index (κ3) is 6.40. The molecule has 0 fully saturated rings. The van der Waals surface area contributed by atoms with Gasteiger partial charge < -0.3 is 0 Å². The molecular formula is C6H11IO. The first-order valence-electron chi connectivity index (χ1n) is 2.60. The van der Waals surface area contributed by atoms with Crippen LogP contribution in [0.5, 0.6) is 0 Å². The summed E-state index contributed by atoms with van der Waals surface area (Å²) in [6.07, 6.45) is 0.674. The van der Waals surface area contributed by atoms with Crippen molar-refractivity contribution in [1.82, 2.24) is 0 Å². The second-order valence-electron chi connectivity index (χ2n) is 3.09. The summed E-state index contributed by atoms with van der Waals surface area (Å²) in [4.78, 5) is 10.4. The second kappa shape index (κ2) is 2.80. The number of halogens is 1. The average molecular weight is 226 g/mol. The normalized spacial score (nSPS) is 11.5. The highest BCUT2D eigenvalue weighted by molar-refractivity contribution is 14.1. The van der Waals surface area contributed by atoms with Gasteiger partial charge in [-0.05, 0) is 28.0 Å². The molecule has 0 unspecified atom stereocenters. The SMILES string of the molecule is CC(C)(C)CC(=O)I. The van der Waals surface area contributed by atoms with Crippen LogP contribution in [-0.4, -0.2) is 3.79 Å². The number of carbonyl (C=O) groups excluding carboxylic acids is 1. The Kier molecular flexibility index (Phi) is 2.94. The van der Waals surface area contributed by atoms with Crippen LogP contribution in [0, 0.1) is 5.41 Å².